The van der Waals surface area contributed by atoms with Crippen LogP contribution in [0.25, 0.3) is 11.0 Å². The Balaban J connectivity index is 1.38. The molecule has 3 amide bonds. The van der Waals surface area contributed by atoms with Crippen LogP contribution in [0.1, 0.15) is 5.56 Å². The standard InChI is InChI=1S/C23H14BrF3N4O3/c24-18-6-3-14(11-17(18)23(25,26)27)30-12-20(32)31(22(30)33)13-1-4-15(5-2-13)34-19-8-10-29-21-16(19)7-9-28-21/h1-11H,12H2,(H,28,29). The number of rotatable bonds is 4. The number of fused-ring (bicyclic) bond motifs is 1. The van der Waals surface area contributed by atoms with E-state index in [0.29, 0.717) is 17.1 Å². The lowest BCUT2D eigenvalue weighted by Gasteiger charge is -2.19. The zero-order valence-electron chi connectivity index (χ0n) is 17.1. The number of carbonyl (C=O) groups excluding carboxylic acids is 2. The number of hydrogen-bond acceptors (Lipinski definition) is 4. The molecule has 0 radical (unpaired) electrons. The van der Waals surface area contributed by atoms with Crippen LogP contribution in [0.4, 0.5) is 29.3 Å². The molecule has 0 unspecified atom stereocenters. The van der Waals surface area contributed by atoms with Crippen LogP contribution in [0.5, 0.6) is 11.5 Å². The quantitative estimate of drug-likeness (QED) is 0.323. The lowest BCUT2D eigenvalue weighted by Crippen LogP contribution is -2.33. The van der Waals surface area contributed by atoms with Gasteiger partial charge in [0.05, 0.1) is 16.6 Å². The number of urea groups is 1. The number of nitrogens with zero attached hydrogens (tertiary/aromatic N) is 3. The fourth-order valence-electron chi connectivity index (χ4n) is 3.67. The molecule has 172 valence electrons. The van der Waals surface area contributed by atoms with Crippen LogP contribution in [0, 0.1) is 0 Å². The molecule has 2 aromatic heterocycles. The number of hydrogen-bond donors (Lipinski definition) is 1. The smallest absolute Gasteiger partial charge is 0.417 e. The average Bonchev–Trinajstić information content (AvgIpc) is 3.39. The largest absolute Gasteiger partial charge is 0.457 e. The normalized spacial score (nSPS) is 14.4. The molecule has 1 saturated heterocycles. The second kappa shape index (κ2) is 8.17. The minimum Gasteiger partial charge on any atom is -0.457 e. The number of carbonyl (C=O) groups is 2. The van der Waals surface area contributed by atoms with E-state index in [2.05, 4.69) is 25.9 Å². The third kappa shape index (κ3) is 3.87. The molecule has 1 N–H and O–H groups in total. The molecule has 3 heterocycles. The summed E-state index contributed by atoms with van der Waals surface area (Å²) in [6, 6.07) is 12.4. The van der Waals surface area contributed by atoms with Gasteiger partial charge in [-0.2, -0.15) is 13.2 Å². The fourth-order valence-corrected chi connectivity index (χ4v) is 4.14. The maximum Gasteiger partial charge on any atom is 0.417 e. The summed E-state index contributed by atoms with van der Waals surface area (Å²) in [6.07, 6.45) is -1.27. The number of H-pyrrole nitrogens is 1. The molecule has 7 nitrogen and oxygen atoms in total. The summed E-state index contributed by atoms with van der Waals surface area (Å²) in [4.78, 5) is 34.7. The van der Waals surface area contributed by atoms with Crippen molar-refractivity contribution in [2.75, 3.05) is 16.3 Å². The molecule has 11 heteroatoms. The Hall–Kier alpha value is -3.86. The fraction of sp³-hybridized carbons (Fsp3) is 0.0870. The SMILES string of the molecule is O=C1CN(c2ccc(Br)c(C(F)(F)F)c2)C(=O)N1c1ccc(Oc2ccnc3[nH]ccc23)cc1. The number of nitrogens with one attached hydrogen (secondary N) is 1. The molecule has 0 spiro atoms. The summed E-state index contributed by atoms with van der Waals surface area (Å²) in [5.41, 5.74) is -0.00834. The molecule has 0 atom stereocenters. The number of halogens is 4. The van der Waals surface area contributed by atoms with Crippen LogP contribution in [0.3, 0.4) is 0 Å². The summed E-state index contributed by atoms with van der Waals surface area (Å²) in [7, 11) is 0. The van der Waals surface area contributed by atoms with Crippen LogP contribution in [-0.2, 0) is 11.0 Å². The number of ether oxygens (including phenoxy) is 1. The Morgan fingerprint density at radius 2 is 1.74 bits per heavy atom. The van der Waals surface area contributed by atoms with E-state index in [9.17, 15) is 22.8 Å². The van der Waals surface area contributed by atoms with Gasteiger partial charge in [0.25, 0.3) is 5.91 Å². The van der Waals surface area contributed by atoms with Gasteiger partial charge >= 0.3 is 12.2 Å². The molecule has 0 saturated carbocycles. The molecule has 0 bridgehead atoms. The van der Waals surface area contributed by atoms with Gasteiger partial charge in [0, 0.05) is 22.6 Å². The first-order valence-corrected chi connectivity index (χ1v) is 10.7. The summed E-state index contributed by atoms with van der Waals surface area (Å²) in [5.74, 6) is 0.489. The summed E-state index contributed by atoms with van der Waals surface area (Å²) < 4.78 is 45.5. The van der Waals surface area contributed by atoms with E-state index in [4.69, 9.17) is 4.74 Å². The number of amides is 3. The maximum absolute atomic E-state index is 13.3. The third-order valence-corrected chi connectivity index (χ3v) is 5.97. The molecule has 2 aromatic carbocycles. The number of pyridine rings is 1. The topological polar surface area (TPSA) is 78.5 Å². The summed E-state index contributed by atoms with van der Waals surface area (Å²) >= 11 is 2.87. The van der Waals surface area contributed by atoms with E-state index < -0.39 is 23.7 Å². The van der Waals surface area contributed by atoms with Crippen molar-refractivity contribution in [2.45, 2.75) is 6.18 Å². The van der Waals surface area contributed by atoms with E-state index in [0.717, 1.165) is 21.3 Å². The van der Waals surface area contributed by atoms with Crippen molar-refractivity contribution < 1.29 is 27.5 Å². The molecule has 1 aliphatic heterocycles. The first kappa shape index (κ1) is 22.0. The Labute approximate surface area is 198 Å². The predicted molar refractivity (Wildman–Crippen MR) is 122 cm³/mol. The highest BCUT2D eigenvalue weighted by Crippen LogP contribution is 2.38. The highest BCUT2D eigenvalue weighted by Gasteiger charge is 2.40. The zero-order chi connectivity index (χ0) is 24.0. The highest BCUT2D eigenvalue weighted by atomic mass is 79.9. The number of aromatic nitrogens is 2. The van der Waals surface area contributed by atoms with E-state index in [1.807, 2.05) is 6.07 Å². The van der Waals surface area contributed by atoms with Crippen molar-refractivity contribution in [3.05, 3.63) is 77.0 Å². The minimum atomic E-state index is -4.61. The Kier molecular flexibility index (Phi) is 5.28. The van der Waals surface area contributed by atoms with Gasteiger partial charge < -0.3 is 9.72 Å². The minimum absolute atomic E-state index is 0.0236. The van der Waals surface area contributed by atoms with Gasteiger partial charge in [-0.1, -0.05) is 15.9 Å². The maximum atomic E-state index is 13.3. The number of aromatic amines is 1. The molecule has 4 aromatic rings. The zero-order valence-corrected chi connectivity index (χ0v) is 18.7. The van der Waals surface area contributed by atoms with Crippen molar-refractivity contribution in [3.8, 4) is 11.5 Å². The lowest BCUT2D eigenvalue weighted by molar-refractivity contribution is -0.138. The lowest BCUT2D eigenvalue weighted by atomic mass is 10.2. The Bertz CT molecular complexity index is 1420. The first-order chi connectivity index (χ1) is 16.2. The van der Waals surface area contributed by atoms with Gasteiger partial charge in [0.2, 0.25) is 0 Å². The van der Waals surface area contributed by atoms with E-state index in [-0.39, 0.29) is 22.4 Å². The van der Waals surface area contributed by atoms with Gasteiger partial charge in [-0.15, -0.1) is 0 Å². The second-order valence-corrected chi connectivity index (χ2v) is 8.26. The monoisotopic (exact) mass is 530 g/mol. The van der Waals surface area contributed by atoms with Crippen LogP contribution < -0.4 is 14.5 Å². The van der Waals surface area contributed by atoms with Gasteiger partial charge in [0.1, 0.15) is 23.7 Å². The summed E-state index contributed by atoms with van der Waals surface area (Å²) in [5, 5.41) is 0.792. The van der Waals surface area contributed by atoms with E-state index >= 15 is 0 Å². The van der Waals surface area contributed by atoms with Crippen molar-refractivity contribution in [3.63, 3.8) is 0 Å². The molecule has 5 rings (SSSR count). The predicted octanol–water partition coefficient (Wildman–Crippen LogP) is 6.11. The first-order valence-electron chi connectivity index (χ1n) is 9.93. The molecular formula is C23H14BrF3N4O3. The third-order valence-electron chi connectivity index (χ3n) is 5.27. The van der Waals surface area contributed by atoms with Gasteiger partial charge in [-0.25, -0.2) is 14.7 Å². The number of alkyl halides is 3. The van der Waals surface area contributed by atoms with E-state index in [1.165, 1.54) is 24.3 Å². The van der Waals surface area contributed by atoms with Crippen LogP contribution in [-0.4, -0.2) is 28.5 Å². The molecule has 34 heavy (non-hydrogen) atoms. The molecular weight excluding hydrogens is 517 g/mol. The van der Waals surface area contributed by atoms with E-state index in [1.54, 1.807) is 30.6 Å². The van der Waals surface area contributed by atoms with Crippen molar-refractivity contribution in [1.29, 1.82) is 0 Å². The number of anilines is 2. The average molecular weight is 531 g/mol. The Morgan fingerprint density at radius 1 is 1.00 bits per heavy atom. The highest BCUT2D eigenvalue weighted by molar-refractivity contribution is 9.10. The van der Waals surface area contributed by atoms with Gasteiger partial charge in [-0.3, -0.25) is 9.69 Å². The number of imide groups is 1. The van der Waals surface area contributed by atoms with Gasteiger partial charge in [0.15, 0.2) is 0 Å². The number of benzene rings is 2. The van der Waals surface area contributed by atoms with Crippen LogP contribution in [0.15, 0.2) is 71.5 Å². The van der Waals surface area contributed by atoms with Crippen molar-refractivity contribution in [2.24, 2.45) is 0 Å². The van der Waals surface area contributed by atoms with Crippen molar-refractivity contribution >= 4 is 50.3 Å². The second-order valence-electron chi connectivity index (χ2n) is 7.40. The summed E-state index contributed by atoms with van der Waals surface area (Å²) in [6.45, 7) is -0.376. The van der Waals surface area contributed by atoms with Gasteiger partial charge in [-0.05, 0) is 54.6 Å². The van der Waals surface area contributed by atoms with Crippen LogP contribution in [0.2, 0.25) is 0 Å². The molecule has 1 aliphatic rings. The van der Waals surface area contributed by atoms with Crippen molar-refractivity contribution in [1.82, 2.24) is 9.97 Å². The molecule has 1 fully saturated rings. The molecule has 0 aliphatic carbocycles. The van der Waals surface area contributed by atoms with Crippen LogP contribution >= 0.6 is 15.9 Å². The Morgan fingerprint density at radius 3 is 2.47 bits per heavy atom.